The van der Waals surface area contributed by atoms with Crippen LogP contribution in [0, 0.1) is 0 Å². The summed E-state index contributed by atoms with van der Waals surface area (Å²) in [6, 6.07) is 5.47. The van der Waals surface area contributed by atoms with Crippen molar-refractivity contribution in [3.05, 3.63) is 24.0 Å². The first-order chi connectivity index (χ1) is 10.1. The average Bonchev–Trinajstić information content (AvgIpc) is 3.25. The van der Waals surface area contributed by atoms with Gasteiger partial charge in [-0.3, -0.25) is 4.79 Å². The second-order valence-electron chi connectivity index (χ2n) is 5.83. The number of fused-ring (bicyclic) bond motifs is 1. The molecule has 1 fully saturated rings. The van der Waals surface area contributed by atoms with Crippen LogP contribution < -0.4 is 11.1 Å². The highest BCUT2D eigenvalue weighted by Gasteiger charge is 2.32. The van der Waals surface area contributed by atoms with Crippen molar-refractivity contribution in [1.29, 1.82) is 0 Å². The van der Waals surface area contributed by atoms with Crippen LogP contribution in [0.2, 0.25) is 0 Å². The van der Waals surface area contributed by atoms with E-state index in [1.807, 2.05) is 25.1 Å². The predicted octanol–water partition coefficient (Wildman–Crippen LogP) is 2.58. The fourth-order valence-corrected chi connectivity index (χ4v) is 2.68. The number of imidazole rings is 1. The Kier molecular flexibility index (Phi) is 3.57. The van der Waals surface area contributed by atoms with E-state index in [2.05, 4.69) is 16.8 Å². The number of rotatable bonds is 5. The number of nitrogens with zero attached hydrogens (tertiary/aromatic N) is 2. The topological polar surface area (TPSA) is 72.9 Å². The maximum Gasteiger partial charge on any atom is 0.242 e. The summed E-state index contributed by atoms with van der Waals surface area (Å²) in [7, 11) is 0. The van der Waals surface area contributed by atoms with Crippen molar-refractivity contribution in [1.82, 2.24) is 14.9 Å². The third kappa shape index (κ3) is 2.60. The number of anilines is 1. The molecule has 5 nitrogen and oxygen atoms in total. The number of nitrogen functional groups attached to an aromatic ring is 1. The lowest BCUT2D eigenvalue weighted by Gasteiger charge is -2.17. The zero-order valence-corrected chi connectivity index (χ0v) is 12.6. The molecular weight excluding hydrogens is 264 g/mol. The number of carbonyl (C=O) groups is 1. The molecule has 5 heteroatoms. The standard InChI is InChI=1S/C16H22N4O/c1-3-8-18-16(21)10(2)20-14-7-6-12(17)9-13(14)19-15(20)11-4-5-11/h6-7,9-11H,3-5,8,17H2,1-2H3,(H,18,21). The highest BCUT2D eigenvalue weighted by atomic mass is 16.2. The Bertz CT molecular complexity index is 672. The van der Waals surface area contributed by atoms with Gasteiger partial charge in [-0.1, -0.05) is 6.92 Å². The Hall–Kier alpha value is -2.04. The quantitative estimate of drug-likeness (QED) is 0.830. The number of hydrogen-bond donors (Lipinski definition) is 2. The number of carbonyl (C=O) groups excluding carboxylic acids is 1. The molecule has 2 aromatic rings. The summed E-state index contributed by atoms with van der Waals surface area (Å²) in [6.45, 7) is 4.70. The fraction of sp³-hybridized carbons (Fsp3) is 0.500. The molecule has 1 aromatic heterocycles. The van der Waals surface area contributed by atoms with E-state index < -0.39 is 0 Å². The number of hydrogen-bond acceptors (Lipinski definition) is 3. The van der Waals surface area contributed by atoms with Crippen LogP contribution in [0.25, 0.3) is 11.0 Å². The van der Waals surface area contributed by atoms with Gasteiger partial charge in [0.25, 0.3) is 0 Å². The molecule has 1 unspecified atom stereocenters. The molecule has 1 heterocycles. The molecule has 1 saturated carbocycles. The van der Waals surface area contributed by atoms with E-state index in [1.165, 1.54) is 0 Å². The van der Waals surface area contributed by atoms with Crippen molar-refractivity contribution in [3.63, 3.8) is 0 Å². The largest absolute Gasteiger partial charge is 0.399 e. The van der Waals surface area contributed by atoms with E-state index in [0.29, 0.717) is 18.2 Å². The van der Waals surface area contributed by atoms with Crippen LogP contribution in [0.1, 0.15) is 50.9 Å². The monoisotopic (exact) mass is 286 g/mol. The molecule has 0 radical (unpaired) electrons. The van der Waals surface area contributed by atoms with E-state index in [1.54, 1.807) is 0 Å². The number of benzene rings is 1. The molecule has 0 bridgehead atoms. The number of aromatic nitrogens is 2. The van der Waals surface area contributed by atoms with Gasteiger partial charge in [0.1, 0.15) is 11.9 Å². The molecular formula is C16H22N4O. The van der Waals surface area contributed by atoms with Gasteiger partial charge in [0.15, 0.2) is 0 Å². The van der Waals surface area contributed by atoms with Gasteiger partial charge in [0.2, 0.25) is 5.91 Å². The summed E-state index contributed by atoms with van der Waals surface area (Å²) in [5, 5.41) is 2.97. The van der Waals surface area contributed by atoms with Gasteiger partial charge in [-0.2, -0.15) is 0 Å². The van der Waals surface area contributed by atoms with Crippen molar-refractivity contribution in [2.45, 2.75) is 45.1 Å². The highest BCUT2D eigenvalue weighted by Crippen LogP contribution is 2.42. The van der Waals surface area contributed by atoms with Gasteiger partial charge in [0.05, 0.1) is 11.0 Å². The second kappa shape index (κ2) is 5.39. The van der Waals surface area contributed by atoms with Crippen molar-refractivity contribution >= 4 is 22.6 Å². The summed E-state index contributed by atoms with van der Waals surface area (Å²) < 4.78 is 2.08. The molecule has 1 aliphatic carbocycles. The Morgan fingerprint density at radius 1 is 1.52 bits per heavy atom. The molecule has 0 saturated heterocycles. The SMILES string of the molecule is CCCNC(=O)C(C)n1c(C2CC2)nc2cc(N)ccc21. The van der Waals surface area contributed by atoms with Gasteiger partial charge in [-0.05, 0) is 44.4 Å². The molecule has 1 atom stereocenters. The van der Waals surface area contributed by atoms with Crippen LogP contribution in [0.3, 0.4) is 0 Å². The van der Waals surface area contributed by atoms with Gasteiger partial charge in [-0.25, -0.2) is 4.98 Å². The number of nitrogens with two attached hydrogens (primary N) is 1. The average molecular weight is 286 g/mol. The van der Waals surface area contributed by atoms with Crippen molar-refractivity contribution in [2.75, 3.05) is 12.3 Å². The van der Waals surface area contributed by atoms with Crippen LogP contribution in [-0.2, 0) is 4.79 Å². The smallest absolute Gasteiger partial charge is 0.242 e. The zero-order valence-electron chi connectivity index (χ0n) is 12.6. The summed E-state index contributed by atoms with van der Waals surface area (Å²) in [4.78, 5) is 17.0. The minimum atomic E-state index is -0.249. The predicted molar refractivity (Wildman–Crippen MR) is 84.1 cm³/mol. The molecule has 0 aliphatic heterocycles. The van der Waals surface area contributed by atoms with Crippen LogP contribution in [0.15, 0.2) is 18.2 Å². The lowest BCUT2D eigenvalue weighted by Crippen LogP contribution is -2.32. The molecule has 0 spiro atoms. The third-order valence-corrected chi connectivity index (χ3v) is 4.00. The number of nitrogens with one attached hydrogen (secondary N) is 1. The second-order valence-corrected chi connectivity index (χ2v) is 5.83. The fourth-order valence-electron chi connectivity index (χ4n) is 2.68. The van der Waals surface area contributed by atoms with Crippen molar-refractivity contribution < 1.29 is 4.79 Å². The first-order valence-electron chi connectivity index (χ1n) is 7.67. The lowest BCUT2D eigenvalue weighted by molar-refractivity contribution is -0.123. The molecule has 1 aromatic carbocycles. The summed E-state index contributed by atoms with van der Waals surface area (Å²) >= 11 is 0. The molecule has 3 rings (SSSR count). The number of amides is 1. The Morgan fingerprint density at radius 3 is 2.95 bits per heavy atom. The van der Waals surface area contributed by atoms with Gasteiger partial charge in [0, 0.05) is 18.2 Å². The van der Waals surface area contributed by atoms with Crippen LogP contribution >= 0.6 is 0 Å². The van der Waals surface area contributed by atoms with Crippen molar-refractivity contribution in [2.24, 2.45) is 0 Å². The molecule has 21 heavy (non-hydrogen) atoms. The summed E-state index contributed by atoms with van der Waals surface area (Å²) in [6.07, 6.45) is 3.25. The minimum absolute atomic E-state index is 0.0508. The summed E-state index contributed by atoms with van der Waals surface area (Å²) in [5.41, 5.74) is 8.43. The van der Waals surface area contributed by atoms with E-state index in [0.717, 1.165) is 36.1 Å². The van der Waals surface area contributed by atoms with E-state index in [-0.39, 0.29) is 11.9 Å². The van der Waals surface area contributed by atoms with E-state index in [9.17, 15) is 4.79 Å². The minimum Gasteiger partial charge on any atom is -0.399 e. The highest BCUT2D eigenvalue weighted by molar-refractivity contribution is 5.85. The van der Waals surface area contributed by atoms with Crippen LogP contribution in [0.4, 0.5) is 5.69 Å². The molecule has 112 valence electrons. The van der Waals surface area contributed by atoms with Crippen molar-refractivity contribution in [3.8, 4) is 0 Å². The third-order valence-electron chi connectivity index (χ3n) is 4.00. The van der Waals surface area contributed by atoms with E-state index >= 15 is 0 Å². The first-order valence-corrected chi connectivity index (χ1v) is 7.67. The van der Waals surface area contributed by atoms with Crippen LogP contribution in [-0.4, -0.2) is 22.0 Å². The first kappa shape index (κ1) is 13.9. The van der Waals surface area contributed by atoms with Gasteiger partial charge >= 0.3 is 0 Å². The Labute approximate surface area is 124 Å². The zero-order chi connectivity index (χ0) is 15.0. The molecule has 1 amide bonds. The maximum atomic E-state index is 12.3. The maximum absolute atomic E-state index is 12.3. The molecule has 3 N–H and O–H groups in total. The van der Waals surface area contributed by atoms with Gasteiger partial charge in [-0.15, -0.1) is 0 Å². The normalized spacial score (nSPS) is 16.1. The van der Waals surface area contributed by atoms with Crippen LogP contribution in [0.5, 0.6) is 0 Å². The Balaban J connectivity index is 2.02. The summed E-state index contributed by atoms with van der Waals surface area (Å²) in [5.74, 6) is 1.56. The van der Waals surface area contributed by atoms with E-state index in [4.69, 9.17) is 10.7 Å². The molecule has 1 aliphatic rings. The lowest BCUT2D eigenvalue weighted by atomic mass is 10.2. The Morgan fingerprint density at radius 2 is 2.29 bits per heavy atom. The van der Waals surface area contributed by atoms with Gasteiger partial charge < -0.3 is 15.6 Å².